The van der Waals surface area contributed by atoms with E-state index in [0.29, 0.717) is 30.6 Å². The minimum Gasteiger partial charge on any atom is -0.461 e. The Bertz CT molecular complexity index is 557. The molecule has 2 aromatic rings. The Morgan fingerprint density at radius 1 is 1.44 bits per heavy atom. The summed E-state index contributed by atoms with van der Waals surface area (Å²) in [7, 11) is 0. The maximum Gasteiger partial charge on any atom is 0.355 e. The molecular formula is C12H15N3O3. The smallest absolute Gasteiger partial charge is 0.355 e. The van der Waals surface area contributed by atoms with E-state index < -0.39 is 0 Å². The van der Waals surface area contributed by atoms with E-state index >= 15 is 0 Å². The molecule has 0 aliphatic rings. The maximum atomic E-state index is 11.8. The molecule has 0 saturated carbocycles. The highest BCUT2D eigenvalue weighted by Crippen LogP contribution is 2.13. The van der Waals surface area contributed by atoms with Crippen LogP contribution < -0.4 is 0 Å². The molecule has 0 spiro atoms. The van der Waals surface area contributed by atoms with Crippen LogP contribution in [0.15, 0.2) is 16.7 Å². The number of aryl methyl sites for hydroxylation is 2. The Balaban J connectivity index is 2.26. The molecular weight excluding hydrogens is 234 g/mol. The third-order valence-corrected chi connectivity index (χ3v) is 2.51. The second-order valence-corrected chi connectivity index (χ2v) is 3.91. The molecule has 0 saturated heterocycles. The number of carbonyl (C=O) groups excluding carboxylic acids is 1. The lowest BCUT2D eigenvalue weighted by Gasteiger charge is -2.07. The zero-order valence-corrected chi connectivity index (χ0v) is 10.6. The molecule has 0 amide bonds. The van der Waals surface area contributed by atoms with Crippen molar-refractivity contribution in [2.24, 2.45) is 0 Å². The molecule has 2 rings (SSSR count). The van der Waals surface area contributed by atoms with Crippen molar-refractivity contribution in [2.45, 2.75) is 27.3 Å². The van der Waals surface area contributed by atoms with Crippen molar-refractivity contribution in [3.8, 4) is 0 Å². The van der Waals surface area contributed by atoms with Gasteiger partial charge in [0.2, 0.25) is 11.8 Å². The van der Waals surface area contributed by atoms with Crippen molar-refractivity contribution in [1.29, 1.82) is 0 Å². The predicted molar refractivity (Wildman–Crippen MR) is 63.3 cm³/mol. The molecule has 96 valence electrons. The van der Waals surface area contributed by atoms with Gasteiger partial charge >= 0.3 is 5.97 Å². The molecule has 0 N–H and O–H groups in total. The van der Waals surface area contributed by atoms with Gasteiger partial charge in [-0.1, -0.05) is 0 Å². The lowest BCUT2D eigenvalue weighted by molar-refractivity contribution is 0.0513. The first kappa shape index (κ1) is 12.3. The Hall–Kier alpha value is -2.11. The van der Waals surface area contributed by atoms with E-state index in [9.17, 15) is 4.79 Å². The topological polar surface area (TPSA) is 70.2 Å². The van der Waals surface area contributed by atoms with Gasteiger partial charge in [-0.15, -0.1) is 10.2 Å². The van der Waals surface area contributed by atoms with Crippen LogP contribution in [0.3, 0.4) is 0 Å². The van der Waals surface area contributed by atoms with E-state index in [4.69, 9.17) is 9.15 Å². The van der Waals surface area contributed by atoms with Crippen LogP contribution in [0.5, 0.6) is 0 Å². The normalized spacial score (nSPS) is 10.6. The minimum absolute atomic E-state index is 0.337. The second-order valence-electron chi connectivity index (χ2n) is 3.91. The number of carbonyl (C=O) groups is 1. The molecule has 6 heteroatoms. The van der Waals surface area contributed by atoms with Crippen molar-refractivity contribution in [3.05, 3.63) is 35.3 Å². The quantitative estimate of drug-likeness (QED) is 0.771. The molecule has 2 heterocycles. The summed E-state index contributed by atoms with van der Waals surface area (Å²) in [6.45, 7) is 6.08. The SMILES string of the molecule is CCOC(=O)c1c(C)ccn1Cc1nnc(C)o1. The third kappa shape index (κ3) is 2.42. The highest BCUT2D eigenvalue weighted by atomic mass is 16.5. The Morgan fingerprint density at radius 3 is 2.83 bits per heavy atom. The summed E-state index contributed by atoms with van der Waals surface area (Å²) >= 11 is 0. The van der Waals surface area contributed by atoms with Crippen LogP contribution in [-0.4, -0.2) is 27.3 Å². The van der Waals surface area contributed by atoms with E-state index in [1.165, 1.54) is 0 Å². The van der Waals surface area contributed by atoms with E-state index in [2.05, 4.69) is 10.2 Å². The number of esters is 1. The number of hydrogen-bond acceptors (Lipinski definition) is 5. The number of hydrogen-bond donors (Lipinski definition) is 0. The molecule has 0 fully saturated rings. The summed E-state index contributed by atoms with van der Waals surface area (Å²) in [5.41, 5.74) is 1.39. The molecule has 0 radical (unpaired) electrons. The fourth-order valence-electron chi connectivity index (χ4n) is 1.74. The summed E-state index contributed by atoms with van der Waals surface area (Å²) in [5, 5.41) is 7.66. The molecule has 18 heavy (non-hydrogen) atoms. The highest BCUT2D eigenvalue weighted by Gasteiger charge is 2.17. The number of ether oxygens (including phenoxy) is 1. The molecule has 0 unspecified atom stereocenters. The molecule has 0 aromatic carbocycles. The van der Waals surface area contributed by atoms with Crippen LogP contribution in [0.4, 0.5) is 0 Å². The minimum atomic E-state index is -0.337. The fourth-order valence-corrected chi connectivity index (χ4v) is 1.74. The van der Waals surface area contributed by atoms with Gasteiger partial charge in [0.1, 0.15) is 12.2 Å². The van der Waals surface area contributed by atoms with E-state index in [0.717, 1.165) is 5.56 Å². The van der Waals surface area contributed by atoms with Gasteiger partial charge in [-0.2, -0.15) is 0 Å². The molecule has 0 aliphatic heterocycles. The molecule has 0 aliphatic carbocycles. The lowest BCUT2D eigenvalue weighted by atomic mass is 10.3. The van der Waals surface area contributed by atoms with E-state index in [1.807, 2.05) is 13.0 Å². The molecule has 2 aromatic heterocycles. The standard InChI is InChI=1S/C12H15N3O3/c1-4-17-12(16)11-8(2)5-6-15(11)7-10-14-13-9(3)18-10/h5-6H,4,7H2,1-3H3. The van der Waals surface area contributed by atoms with Crippen molar-refractivity contribution < 1.29 is 13.9 Å². The van der Waals surface area contributed by atoms with Crippen LogP contribution >= 0.6 is 0 Å². The van der Waals surface area contributed by atoms with Gasteiger partial charge in [0.15, 0.2) is 0 Å². The van der Waals surface area contributed by atoms with Gasteiger partial charge in [-0.3, -0.25) is 0 Å². The zero-order chi connectivity index (χ0) is 13.1. The van der Waals surface area contributed by atoms with Gasteiger partial charge in [0.25, 0.3) is 0 Å². The molecule has 6 nitrogen and oxygen atoms in total. The monoisotopic (exact) mass is 249 g/mol. The van der Waals surface area contributed by atoms with Crippen LogP contribution in [-0.2, 0) is 11.3 Å². The summed E-state index contributed by atoms with van der Waals surface area (Å²) in [6.07, 6.45) is 1.81. The number of nitrogens with zero attached hydrogens (tertiary/aromatic N) is 3. The first-order valence-corrected chi connectivity index (χ1v) is 5.73. The Kier molecular flexibility index (Phi) is 3.45. The highest BCUT2D eigenvalue weighted by molar-refractivity contribution is 5.89. The summed E-state index contributed by atoms with van der Waals surface area (Å²) in [6, 6.07) is 1.86. The first-order chi connectivity index (χ1) is 8.61. The van der Waals surface area contributed by atoms with E-state index in [-0.39, 0.29) is 5.97 Å². The van der Waals surface area contributed by atoms with Gasteiger partial charge in [0, 0.05) is 13.1 Å². The predicted octanol–water partition coefficient (Wildman–Crippen LogP) is 1.71. The maximum absolute atomic E-state index is 11.8. The third-order valence-electron chi connectivity index (χ3n) is 2.51. The largest absolute Gasteiger partial charge is 0.461 e. The number of rotatable bonds is 4. The van der Waals surface area contributed by atoms with E-state index in [1.54, 1.807) is 24.6 Å². The van der Waals surface area contributed by atoms with Crippen LogP contribution in [0, 0.1) is 13.8 Å². The zero-order valence-electron chi connectivity index (χ0n) is 10.6. The summed E-state index contributed by atoms with van der Waals surface area (Å²) in [4.78, 5) is 11.8. The molecule has 0 bridgehead atoms. The number of aromatic nitrogens is 3. The average Bonchev–Trinajstić information content (AvgIpc) is 2.87. The van der Waals surface area contributed by atoms with Gasteiger partial charge < -0.3 is 13.7 Å². The molecule has 0 atom stereocenters. The average molecular weight is 249 g/mol. The van der Waals surface area contributed by atoms with Crippen LogP contribution in [0.2, 0.25) is 0 Å². The van der Waals surface area contributed by atoms with Crippen molar-refractivity contribution >= 4 is 5.97 Å². The summed E-state index contributed by atoms with van der Waals surface area (Å²) < 4.78 is 12.1. The lowest BCUT2D eigenvalue weighted by Crippen LogP contribution is -2.13. The van der Waals surface area contributed by atoms with Gasteiger partial charge in [-0.05, 0) is 25.5 Å². The van der Waals surface area contributed by atoms with Crippen LogP contribution in [0.1, 0.15) is 34.8 Å². The fraction of sp³-hybridized carbons (Fsp3) is 0.417. The Morgan fingerprint density at radius 2 is 2.22 bits per heavy atom. The van der Waals surface area contributed by atoms with Gasteiger partial charge in [0.05, 0.1) is 6.61 Å². The second kappa shape index (κ2) is 5.03. The van der Waals surface area contributed by atoms with Gasteiger partial charge in [-0.25, -0.2) is 4.79 Å². The van der Waals surface area contributed by atoms with Crippen LogP contribution in [0.25, 0.3) is 0 Å². The summed E-state index contributed by atoms with van der Waals surface area (Å²) in [5.74, 6) is 0.636. The van der Waals surface area contributed by atoms with Crippen molar-refractivity contribution in [1.82, 2.24) is 14.8 Å². The Labute approximate surface area is 105 Å². The van der Waals surface area contributed by atoms with Crippen molar-refractivity contribution in [3.63, 3.8) is 0 Å². The first-order valence-electron chi connectivity index (χ1n) is 5.73. The van der Waals surface area contributed by atoms with Crippen molar-refractivity contribution in [2.75, 3.05) is 6.61 Å².